The van der Waals surface area contributed by atoms with Crippen LogP contribution in [0.2, 0.25) is 5.02 Å². The molecule has 2 aromatic carbocycles. The molecule has 25 heavy (non-hydrogen) atoms. The van der Waals surface area contributed by atoms with Gasteiger partial charge < -0.3 is 0 Å². The predicted octanol–water partition coefficient (Wildman–Crippen LogP) is 2.97. The summed E-state index contributed by atoms with van der Waals surface area (Å²) in [6.07, 6.45) is 0. The van der Waals surface area contributed by atoms with Crippen LogP contribution < -0.4 is 16.4 Å². The van der Waals surface area contributed by atoms with E-state index in [1.165, 1.54) is 16.7 Å². The number of carbonyl (C=O) groups excluding carboxylic acids is 1. The van der Waals surface area contributed by atoms with Crippen LogP contribution in [0.4, 0.5) is 10.3 Å². The summed E-state index contributed by atoms with van der Waals surface area (Å²) >= 11 is 5.67. The lowest BCUT2D eigenvalue weighted by atomic mass is 10.2. The number of hydrazine groups is 1. The Morgan fingerprint density at radius 2 is 2.04 bits per heavy atom. The van der Waals surface area contributed by atoms with Crippen LogP contribution in [0.5, 0.6) is 0 Å². The molecule has 0 saturated heterocycles. The van der Waals surface area contributed by atoms with E-state index in [0.29, 0.717) is 17.4 Å². The molecule has 0 aliphatic heterocycles. The molecule has 1 amide bonds. The first-order valence-corrected chi connectivity index (χ1v) is 7.90. The number of para-hydroxylation sites is 1. The zero-order valence-electron chi connectivity index (χ0n) is 13.2. The Bertz CT molecular complexity index is 1020. The lowest BCUT2D eigenvalue weighted by Crippen LogP contribution is -2.34. The Labute approximate surface area is 147 Å². The van der Waals surface area contributed by atoms with Gasteiger partial charge in [-0.15, -0.1) is 0 Å². The summed E-state index contributed by atoms with van der Waals surface area (Å²) in [6, 6.07) is 10.6. The summed E-state index contributed by atoms with van der Waals surface area (Å²) in [5.74, 6) is -1.29. The third-order valence-electron chi connectivity index (χ3n) is 3.64. The summed E-state index contributed by atoms with van der Waals surface area (Å²) in [5, 5.41) is 0.669. The zero-order valence-corrected chi connectivity index (χ0v) is 14.0. The fourth-order valence-electron chi connectivity index (χ4n) is 2.41. The third kappa shape index (κ3) is 3.32. The molecule has 0 bridgehead atoms. The van der Waals surface area contributed by atoms with E-state index in [2.05, 4.69) is 15.8 Å². The van der Waals surface area contributed by atoms with Crippen LogP contribution in [0.25, 0.3) is 10.9 Å². The highest BCUT2D eigenvalue weighted by Gasteiger charge is 2.14. The quantitative estimate of drug-likeness (QED) is 0.701. The van der Waals surface area contributed by atoms with Crippen molar-refractivity contribution in [1.82, 2.24) is 15.0 Å². The van der Waals surface area contributed by atoms with Gasteiger partial charge in [-0.1, -0.05) is 23.7 Å². The first-order valence-electron chi connectivity index (χ1n) is 7.52. The average Bonchev–Trinajstić information content (AvgIpc) is 2.60. The van der Waals surface area contributed by atoms with Crippen molar-refractivity contribution in [2.75, 3.05) is 5.43 Å². The molecule has 1 heterocycles. The van der Waals surface area contributed by atoms with Crippen LogP contribution in [0.15, 0.2) is 47.3 Å². The molecule has 0 atom stereocenters. The van der Waals surface area contributed by atoms with Gasteiger partial charge in [0.1, 0.15) is 5.82 Å². The average molecular weight is 361 g/mol. The van der Waals surface area contributed by atoms with E-state index in [-0.39, 0.29) is 22.1 Å². The molecule has 0 radical (unpaired) electrons. The number of hydrogen-bond acceptors (Lipinski definition) is 4. The van der Waals surface area contributed by atoms with E-state index in [0.717, 1.165) is 6.07 Å². The van der Waals surface area contributed by atoms with Crippen molar-refractivity contribution in [3.63, 3.8) is 0 Å². The number of carbonyl (C=O) groups is 1. The third-order valence-corrected chi connectivity index (χ3v) is 3.88. The molecule has 0 saturated carbocycles. The van der Waals surface area contributed by atoms with E-state index in [1.807, 2.05) is 0 Å². The highest BCUT2D eigenvalue weighted by molar-refractivity contribution is 6.30. The van der Waals surface area contributed by atoms with Gasteiger partial charge in [-0.25, -0.2) is 9.37 Å². The molecule has 1 aromatic heterocycles. The van der Waals surface area contributed by atoms with Gasteiger partial charge in [-0.2, -0.15) is 0 Å². The van der Waals surface area contributed by atoms with Crippen molar-refractivity contribution in [1.29, 1.82) is 0 Å². The van der Waals surface area contributed by atoms with Gasteiger partial charge in [0.05, 0.1) is 16.5 Å². The summed E-state index contributed by atoms with van der Waals surface area (Å²) < 4.78 is 15.2. The number of amides is 1. The number of nitrogens with one attached hydrogen (secondary N) is 2. The van der Waals surface area contributed by atoms with E-state index in [1.54, 1.807) is 31.2 Å². The number of halogens is 2. The fraction of sp³-hybridized carbons (Fsp3) is 0.118. The van der Waals surface area contributed by atoms with Gasteiger partial charge in [0.2, 0.25) is 5.95 Å². The van der Waals surface area contributed by atoms with Crippen molar-refractivity contribution >= 4 is 34.4 Å². The SMILES string of the molecule is CCn1c(NNC(=O)c2ccc(Cl)cc2F)nc2ccccc2c1=O. The summed E-state index contributed by atoms with van der Waals surface area (Å²) in [7, 11) is 0. The van der Waals surface area contributed by atoms with Gasteiger partial charge in [-0.05, 0) is 37.3 Å². The first kappa shape index (κ1) is 16.9. The van der Waals surface area contributed by atoms with E-state index < -0.39 is 11.7 Å². The molecular formula is C17H14ClFN4O2. The van der Waals surface area contributed by atoms with Crippen molar-refractivity contribution in [2.24, 2.45) is 0 Å². The fourth-order valence-corrected chi connectivity index (χ4v) is 2.57. The minimum atomic E-state index is -0.744. The number of benzene rings is 2. The van der Waals surface area contributed by atoms with Gasteiger partial charge in [0.25, 0.3) is 11.5 Å². The lowest BCUT2D eigenvalue weighted by molar-refractivity contribution is 0.0958. The molecule has 3 aromatic rings. The molecule has 0 unspecified atom stereocenters. The summed E-state index contributed by atoms with van der Waals surface area (Å²) in [6.45, 7) is 2.13. The molecular weight excluding hydrogens is 347 g/mol. The van der Waals surface area contributed by atoms with E-state index in [4.69, 9.17) is 11.6 Å². The van der Waals surface area contributed by atoms with Crippen LogP contribution in [-0.4, -0.2) is 15.5 Å². The Kier molecular flexibility index (Phi) is 4.67. The molecule has 0 aliphatic rings. The first-order chi connectivity index (χ1) is 12.0. The molecule has 6 nitrogen and oxygen atoms in total. The largest absolute Gasteiger partial charge is 0.277 e. The molecule has 0 spiro atoms. The van der Waals surface area contributed by atoms with Crippen LogP contribution in [-0.2, 0) is 6.54 Å². The Morgan fingerprint density at radius 3 is 2.76 bits per heavy atom. The minimum Gasteiger partial charge on any atom is -0.277 e. The number of aromatic nitrogens is 2. The highest BCUT2D eigenvalue weighted by atomic mass is 35.5. The monoisotopic (exact) mass is 360 g/mol. The molecule has 128 valence electrons. The molecule has 2 N–H and O–H groups in total. The van der Waals surface area contributed by atoms with Crippen molar-refractivity contribution in [3.05, 3.63) is 69.2 Å². The summed E-state index contributed by atoms with van der Waals surface area (Å²) in [5.41, 5.74) is 5.02. The molecule has 0 aliphatic carbocycles. The second kappa shape index (κ2) is 6.90. The maximum absolute atomic E-state index is 13.8. The minimum absolute atomic E-state index is 0.161. The van der Waals surface area contributed by atoms with Gasteiger partial charge in [-0.3, -0.25) is 25.0 Å². The lowest BCUT2D eigenvalue weighted by Gasteiger charge is -2.14. The van der Waals surface area contributed by atoms with E-state index >= 15 is 0 Å². The van der Waals surface area contributed by atoms with Crippen LogP contribution in [0, 0.1) is 5.82 Å². The zero-order chi connectivity index (χ0) is 18.0. The van der Waals surface area contributed by atoms with Crippen molar-refractivity contribution in [3.8, 4) is 0 Å². The second-order valence-electron chi connectivity index (χ2n) is 5.21. The normalized spacial score (nSPS) is 10.7. The number of anilines is 1. The number of fused-ring (bicyclic) bond motifs is 1. The second-order valence-corrected chi connectivity index (χ2v) is 5.64. The van der Waals surface area contributed by atoms with Crippen molar-refractivity contribution in [2.45, 2.75) is 13.5 Å². The van der Waals surface area contributed by atoms with E-state index in [9.17, 15) is 14.0 Å². The Morgan fingerprint density at radius 1 is 1.28 bits per heavy atom. The Balaban J connectivity index is 1.90. The summed E-state index contributed by atoms with van der Waals surface area (Å²) in [4.78, 5) is 28.9. The highest BCUT2D eigenvalue weighted by Crippen LogP contribution is 2.15. The smallest absolute Gasteiger partial charge is 0.272 e. The van der Waals surface area contributed by atoms with Crippen LogP contribution >= 0.6 is 11.6 Å². The molecule has 8 heteroatoms. The predicted molar refractivity (Wildman–Crippen MR) is 94.2 cm³/mol. The molecule has 3 rings (SSSR count). The van der Waals surface area contributed by atoms with Gasteiger partial charge >= 0.3 is 0 Å². The Hall–Kier alpha value is -2.93. The number of nitrogens with zero attached hydrogens (tertiary/aromatic N) is 2. The number of hydrogen-bond donors (Lipinski definition) is 2. The van der Waals surface area contributed by atoms with Crippen LogP contribution in [0.1, 0.15) is 17.3 Å². The van der Waals surface area contributed by atoms with Gasteiger partial charge in [0, 0.05) is 11.6 Å². The standard InChI is InChI=1S/C17H14ClFN4O2/c1-2-23-16(25)12-5-3-4-6-14(12)20-17(23)22-21-15(24)11-8-7-10(18)9-13(11)19/h3-9H,2H2,1H3,(H,20,22)(H,21,24). The van der Waals surface area contributed by atoms with Crippen LogP contribution in [0.3, 0.4) is 0 Å². The molecule has 0 fully saturated rings. The number of rotatable bonds is 4. The van der Waals surface area contributed by atoms with Gasteiger partial charge in [0.15, 0.2) is 0 Å². The maximum atomic E-state index is 13.8. The topological polar surface area (TPSA) is 76.0 Å². The van der Waals surface area contributed by atoms with Crippen molar-refractivity contribution < 1.29 is 9.18 Å². The maximum Gasteiger partial charge on any atom is 0.272 e.